The second-order valence-corrected chi connectivity index (χ2v) is 5.92. The quantitative estimate of drug-likeness (QED) is 0.874. The molecule has 1 fully saturated rings. The summed E-state index contributed by atoms with van der Waals surface area (Å²) in [6.07, 6.45) is 2.99. The first-order valence-corrected chi connectivity index (χ1v) is 7.42. The lowest BCUT2D eigenvalue weighted by Crippen LogP contribution is -2.35. The zero-order valence-electron chi connectivity index (χ0n) is 9.70. The van der Waals surface area contributed by atoms with E-state index in [1.807, 2.05) is 12.1 Å². The van der Waals surface area contributed by atoms with Crippen molar-refractivity contribution in [3.8, 4) is 0 Å². The first kappa shape index (κ1) is 11.9. The lowest BCUT2D eigenvalue weighted by atomic mass is 10.1. The number of rotatable bonds is 4. The maximum absolute atomic E-state index is 11.2. The van der Waals surface area contributed by atoms with Crippen molar-refractivity contribution in [1.82, 2.24) is 5.32 Å². The molecule has 1 aliphatic heterocycles. The predicted octanol–water partition coefficient (Wildman–Crippen LogP) is 1.84. The van der Waals surface area contributed by atoms with Gasteiger partial charge < -0.3 is 9.73 Å². The summed E-state index contributed by atoms with van der Waals surface area (Å²) in [6.45, 7) is 2.88. The average Bonchev–Trinajstić information content (AvgIpc) is 2.76. The van der Waals surface area contributed by atoms with E-state index in [0.29, 0.717) is 6.04 Å². The largest absolute Gasteiger partial charge is 0.465 e. The van der Waals surface area contributed by atoms with Gasteiger partial charge in [0.25, 0.3) is 0 Å². The van der Waals surface area contributed by atoms with E-state index in [1.165, 1.54) is 0 Å². The van der Waals surface area contributed by atoms with E-state index in [1.54, 1.807) is 0 Å². The van der Waals surface area contributed by atoms with Crippen LogP contribution in [0.5, 0.6) is 0 Å². The van der Waals surface area contributed by atoms with Crippen molar-refractivity contribution in [3.63, 3.8) is 0 Å². The summed E-state index contributed by atoms with van der Waals surface area (Å²) in [5, 5.41) is 3.47. The van der Waals surface area contributed by atoms with Gasteiger partial charge in [-0.05, 0) is 25.0 Å². The van der Waals surface area contributed by atoms with Crippen molar-refractivity contribution in [1.29, 1.82) is 0 Å². The minimum absolute atomic E-state index is 0.507. The highest BCUT2D eigenvalue weighted by molar-refractivity contribution is 7.85. The topological polar surface area (TPSA) is 42.2 Å². The zero-order valence-corrected chi connectivity index (χ0v) is 10.5. The molecule has 2 heterocycles. The van der Waals surface area contributed by atoms with Gasteiger partial charge in [-0.2, -0.15) is 0 Å². The Morgan fingerprint density at radius 2 is 2.06 bits per heavy atom. The summed E-state index contributed by atoms with van der Waals surface area (Å²) in [6, 6.07) is 4.58. The Bertz CT molecular complexity index is 352. The Labute approximate surface area is 99.1 Å². The first-order chi connectivity index (χ1) is 7.78. The number of furan rings is 1. The van der Waals surface area contributed by atoms with Crippen LogP contribution in [-0.2, 0) is 23.8 Å². The molecule has 1 aliphatic rings. The Balaban J connectivity index is 1.76. The Kier molecular flexibility index (Phi) is 4.18. The number of nitrogens with one attached hydrogen (secondary N) is 1. The molecule has 0 aliphatic carbocycles. The van der Waals surface area contributed by atoms with Crippen molar-refractivity contribution < 1.29 is 8.63 Å². The Morgan fingerprint density at radius 3 is 2.69 bits per heavy atom. The Morgan fingerprint density at radius 1 is 1.38 bits per heavy atom. The highest BCUT2D eigenvalue weighted by atomic mass is 32.2. The molecular weight excluding hydrogens is 222 g/mol. The van der Waals surface area contributed by atoms with E-state index in [0.717, 1.165) is 48.8 Å². The van der Waals surface area contributed by atoms with Gasteiger partial charge in [0, 0.05) is 34.8 Å². The molecule has 0 atom stereocenters. The molecule has 0 unspecified atom stereocenters. The van der Waals surface area contributed by atoms with Gasteiger partial charge in [0.15, 0.2) is 0 Å². The molecular formula is C12H19NO2S. The van der Waals surface area contributed by atoms with Gasteiger partial charge in [0.2, 0.25) is 0 Å². The summed E-state index contributed by atoms with van der Waals surface area (Å²) < 4.78 is 16.8. The Hall–Kier alpha value is -0.610. The van der Waals surface area contributed by atoms with Gasteiger partial charge in [-0.15, -0.1) is 0 Å². The zero-order chi connectivity index (χ0) is 11.4. The molecule has 0 bridgehead atoms. The fraction of sp³-hybridized carbons (Fsp3) is 0.667. The molecule has 1 aromatic rings. The summed E-state index contributed by atoms with van der Waals surface area (Å²) in [5.74, 6) is 3.73. The van der Waals surface area contributed by atoms with Crippen LogP contribution in [-0.4, -0.2) is 21.8 Å². The third-order valence-corrected chi connectivity index (χ3v) is 4.40. The fourth-order valence-electron chi connectivity index (χ4n) is 1.95. The summed E-state index contributed by atoms with van der Waals surface area (Å²) in [7, 11) is -0.570. The van der Waals surface area contributed by atoms with Crippen LogP contribution in [0.2, 0.25) is 0 Å². The predicted molar refractivity (Wildman–Crippen MR) is 65.8 cm³/mol. The van der Waals surface area contributed by atoms with E-state index in [-0.39, 0.29) is 0 Å². The number of aryl methyl sites for hydroxylation is 1. The van der Waals surface area contributed by atoms with Crippen LogP contribution in [0.4, 0.5) is 0 Å². The second kappa shape index (κ2) is 5.64. The lowest BCUT2D eigenvalue weighted by molar-refractivity contribution is 0.411. The van der Waals surface area contributed by atoms with Gasteiger partial charge in [-0.25, -0.2) is 0 Å². The molecule has 0 radical (unpaired) electrons. The lowest BCUT2D eigenvalue weighted by Gasteiger charge is -2.21. The maximum atomic E-state index is 11.2. The molecule has 2 rings (SSSR count). The minimum Gasteiger partial charge on any atom is -0.465 e. The second-order valence-electron chi connectivity index (χ2n) is 4.22. The molecule has 1 aromatic heterocycles. The normalized spacial score (nSPS) is 25.8. The summed E-state index contributed by atoms with van der Waals surface area (Å²) >= 11 is 0. The number of hydrogen-bond acceptors (Lipinski definition) is 3. The standard InChI is InChI=1S/C12H19NO2S/c1-2-11-3-4-12(15-11)9-13-10-5-7-16(14)8-6-10/h3-4,10,13H,2,5-9H2,1H3. The van der Waals surface area contributed by atoms with Crippen LogP contribution < -0.4 is 5.32 Å². The van der Waals surface area contributed by atoms with Crippen LogP contribution >= 0.6 is 0 Å². The van der Waals surface area contributed by atoms with Gasteiger partial charge in [-0.1, -0.05) is 6.92 Å². The molecule has 1 saturated heterocycles. The van der Waals surface area contributed by atoms with E-state index in [4.69, 9.17) is 4.42 Å². The van der Waals surface area contributed by atoms with Gasteiger partial charge in [-0.3, -0.25) is 4.21 Å². The molecule has 1 N–H and O–H groups in total. The first-order valence-electron chi connectivity index (χ1n) is 5.94. The van der Waals surface area contributed by atoms with Crippen LogP contribution in [0.3, 0.4) is 0 Å². The van der Waals surface area contributed by atoms with Gasteiger partial charge >= 0.3 is 0 Å². The van der Waals surface area contributed by atoms with Gasteiger partial charge in [0.1, 0.15) is 11.5 Å². The minimum atomic E-state index is -0.570. The monoisotopic (exact) mass is 241 g/mol. The van der Waals surface area contributed by atoms with E-state index in [2.05, 4.69) is 12.2 Å². The molecule has 0 aromatic carbocycles. The summed E-state index contributed by atoms with van der Waals surface area (Å²) in [5.41, 5.74) is 0. The van der Waals surface area contributed by atoms with Crippen molar-refractivity contribution in [2.24, 2.45) is 0 Å². The number of hydrogen-bond donors (Lipinski definition) is 1. The molecule has 0 spiro atoms. The van der Waals surface area contributed by atoms with Crippen molar-refractivity contribution in [2.45, 2.75) is 38.8 Å². The van der Waals surface area contributed by atoms with E-state index >= 15 is 0 Å². The van der Waals surface area contributed by atoms with E-state index in [9.17, 15) is 4.21 Å². The van der Waals surface area contributed by atoms with Crippen molar-refractivity contribution in [3.05, 3.63) is 23.7 Å². The van der Waals surface area contributed by atoms with Crippen LogP contribution in [0.15, 0.2) is 16.5 Å². The summed E-state index contributed by atoms with van der Waals surface area (Å²) in [4.78, 5) is 0. The molecule has 0 amide bonds. The van der Waals surface area contributed by atoms with Crippen LogP contribution in [0.1, 0.15) is 31.3 Å². The SMILES string of the molecule is CCc1ccc(CNC2CCS(=O)CC2)o1. The third-order valence-electron chi connectivity index (χ3n) is 3.02. The molecule has 16 heavy (non-hydrogen) atoms. The van der Waals surface area contributed by atoms with Gasteiger partial charge in [0.05, 0.1) is 6.54 Å². The fourth-order valence-corrected chi connectivity index (χ4v) is 3.25. The molecule has 4 heteroatoms. The highest BCUT2D eigenvalue weighted by Crippen LogP contribution is 2.12. The van der Waals surface area contributed by atoms with Crippen molar-refractivity contribution in [2.75, 3.05) is 11.5 Å². The highest BCUT2D eigenvalue weighted by Gasteiger charge is 2.17. The smallest absolute Gasteiger partial charge is 0.117 e. The maximum Gasteiger partial charge on any atom is 0.117 e. The van der Waals surface area contributed by atoms with Crippen LogP contribution in [0, 0.1) is 0 Å². The molecule has 0 saturated carbocycles. The molecule has 90 valence electrons. The molecule has 3 nitrogen and oxygen atoms in total. The van der Waals surface area contributed by atoms with E-state index < -0.39 is 10.8 Å². The van der Waals surface area contributed by atoms with Crippen LogP contribution in [0.25, 0.3) is 0 Å². The van der Waals surface area contributed by atoms with Crippen molar-refractivity contribution >= 4 is 10.8 Å². The average molecular weight is 241 g/mol. The third kappa shape index (κ3) is 3.19.